The van der Waals surface area contributed by atoms with E-state index in [1.165, 1.54) is 11.1 Å². The fourth-order valence-corrected chi connectivity index (χ4v) is 3.08. The van der Waals surface area contributed by atoms with Crippen molar-refractivity contribution in [2.75, 3.05) is 6.54 Å². The van der Waals surface area contributed by atoms with Gasteiger partial charge >= 0.3 is 0 Å². The Balaban J connectivity index is 1.57. The molecular weight excluding hydrogens is 312 g/mol. The van der Waals surface area contributed by atoms with Crippen molar-refractivity contribution in [3.05, 3.63) is 70.2 Å². The first-order valence-electron chi connectivity index (χ1n) is 7.65. The zero-order valence-corrected chi connectivity index (χ0v) is 13.4. The third-order valence-corrected chi connectivity index (χ3v) is 4.48. The largest absolute Gasteiger partial charge is 0.387 e. The summed E-state index contributed by atoms with van der Waals surface area (Å²) >= 11 is 6.05. The lowest BCUT2D eigenvalue weighted by Crippen LogP contribution is -2.48. The molecule has 4 nitrogen and oxygen atoms in total. The maximum absolute atomic E-state index is 12.3. The van der Waals surface area contributed by atoms with E-state index in [2.05, 4.69) is 22.8 Å². The highest BCUT2D eigenvalue weighted by atomic mass is 35.5. The monoisotopic (exact) mass is 330 g/mol. The van der Waals surface area contributed by atoms with Gasteiger partial charge in [0.2, 0.25) is 5.91 Å². The number of benzene rings is 2. The van der Waals surface area contributed by atoms with Gasteiger partial charge in [-0.2, -0.15) is 0 Å². The fourth-order valence-electron chi connectivity index (χ4n) is 2.82. The summed E-state index contributed by atoms with van der Waals surface area (Å²) in [5, 5.41) is 16.7. The molecule has 23 heavy (non-hydrogen) atoms. The highest BCUT2D eigenvalue weighted by molar-refractivity contribution is 6.31. The second-order valence-corrected chi connectivity index (χ2v) is 6.10. The minimum absolute atomic E-state index is 0.106. The molecule has 2 atom stereocenters. The Morgan fingerprint density at radius 2 is 1.91 bits per heavy atom. The van der Waals surface area contributed by atoms with Gasteiger partial charge in [-0.3, -0.25) is 4.79 Å². The lowest BCUT2D eigenvalue weighted by Gasteiger charge is -2.25. The van der Waals surface area contributed by atoms with Gasteiger partial charge in [0.1, 0.15) is 0 Å². The summed E-state index contributed by atoms with van der Waals surface area (Å²) in [7, 11) is 0. The highest BCUT2D eigenvalue weighted by Gasteiger charge is 2.24. The quantitative estimate of drug-likeness (QED) is 0.805. The normalized spacial score (nSPS) is 18.1. The van der Waals surface area contributed by atoms with E-state index < -0.39 is 6.10 Å². The lowest BCUT2D eigenvalue weighted by molar-refractivity contribution is -0.123. The van der Waals surface area contributed by atoms with Crippen LogP contribution in [0.1, 0.15) is 22.8 Å². The van der Waals surface area contributed by atoms with Crippen LogP contribution in [0.4, 0.5) is 0 Å². The molecule has 5 heteroatoms. The molecule has 0 aromatic heterocycles. The molecule has 0 spiro atoms. The van der Waals surface area contributed by atoms with Gasteiger partial charge in [-0.15, -0.1) is 0 Å². The third kappa shape index (κ3) is 3.72. The molecule has 0 aliphatic carbocycles. The third-order valence-electron chi connectivity index (χ3n) is 4.13. The van der Waals surface area contributed by atoms with Gasteiger partial charge < -0.3 is 15.7 Å². The zero-order valence-electron chi connectivity index (χ0n) is 12.6. The van der Waals surface area contributed by atoms with E-state index in [1.54, 1.807) is 18.2 Å². The Kier molecular flexibility index (Phi) is 4.96. The molecule has 1 aliphatic rings. The summed E-state index contributed by atoms with van der Waals surface area (Å²) < 4.78 is 0. The molecule has 0 radical (unpaired) electrons. The summed E-state index contributed by atoms with van der Waals surface area (Å²) in [6.45, 7) is 0.823. The summed E-state index contributed by atoms with van der Waals surface area (Å²) in [4.78, 5) is 12.3. The Labute approximate surface area is 140 Å². The number of hydrogen-bond acceptors (Lipinski definition) is 3. The smallest absolute Gasteiger partial charge is 0.237 e. The second-order valence-electron chi connectivity index (χ2n) is 5.69. The average molecular weight is 331 g/mol. The van der Waals surface area contributed by atoms with E-state index >= 15 is 0 Å². The van der Waals surface area contributed by atoms with Crippen LogP contribution in [0.2, 0.25) is 5.02 Å². The molecule has 2 aromatic rings. The SMILES string of the molecule is O=C(NC[C@H](O)c1ccccc1Cl)[C@@H]1Cc2ccccc2CN1. The maximum atomic E-state index is 12.3. The van der Waals surface area contributed by atoms with E-state index in [0.717, 1.165) is 0 Å². The van der Waals surface area contributed by atoms with Gasteiger partial charge in [-0.1, -0.05) is 54.1 Å². The van der Waals surface area contributed by atoms with Crippen LogP contribution < -0.4 is 10.6 Å². The maximum Gasteiger partial charge on any atom is 0.237 e. The predicted molar refractivity (Wildman–Crippen MR) is 90.2 cm³/mol. The first kappa shape index (κ1) is 16.0. The minimum Gasteiger partial charge on any atom is -0.387 e. The molecule has 0 fully saturated rings. The molecule has 120 valence electrons. The average Bonchev–Trinajstić information content (AvgIpc) is 2.59. The van der Waals surface area contributed by atoms with Gasteiger partial charge in [-0.25, -0.2) is 0 Å². The van der Waals surface area contributed by atoms with Crippen molar-refractivity contribution < 1.29 is 9.90 Å². The number of carbonyl (C=O) groups is 1. The van der Waals surface area contributed by atoms with E-state index in [9.17, 15) is 9.90 Å². The Bertz CT molecular complexity index is 705. The molecule has 3 rings (SSSR count). The number of aliphatic hydroxyl groups is 1. The molecular formula is C18H19ClN2O2. The van der Waals surface area contributed by atoms with Crippen LogP contribution in [0.5, 0.6) is 0 Å². The minimum atomic E-state index is -0.816. The number of halogens is 1. The first-order valence-corrected chi connectivity index (χ1v) is 8.03. The van der Waals surface area contributed by atoms with Crippen LogP contribution in [0, 0.1) is 0 Å². The van der Waals surface area contributed by atoms with Crippen molar-refractivity contribution in [2.45, 2.75) is 25.1 Å². The van der Waals surface area contributed by atoms with Crippen molar-refractivity contribution in [3.8, 4) is 0 Å². The van der Waals surface area contributed by atoms with Gasteiger partial charge in [0.25, 0.3) is 0 Å². The summed E-state index contributed by atoms with van der Waals surface area (Å²) in [5.74, 6) is -0.106. The zero-order chi connectivity index (χ0) is 16.2. The van der Waals surface area contributed by atoms with Crippen LogP contribution in [0.25, 0.3) is 0 Å². The van der Waals surface area contributed by atoms with Crippen LogP contribution >= 0.6 is 11.6 Å². The van der Waals surface area contributed by atoms with Gasteiger partial charge in [0.15, 0.2) is 0 Å². The van der Waals surface area contributed by atoms with Crippen molar-refractivity contribution in [3.63, 3.8) is 0 Å². The molecule has 0 saturated heterocycles. The molecule has 1 heterocycles. The van der Waals surface area contributed by atoms with E-state index in [1.807, 2.05) is 18.2 Å². The van der Waals surface area contributed by atoms with E-state index in [4.69, 9.17) is 11.6 Å². The number of hydrogen-bond donors (Lipinski definition) is 3. The molecule has 3 N–H and O–H groups in total. The Hall–Kier alpha value is -1.88. The number of rotatable bonds is 4. The van der Waals surface area contributed by atoms with Gasteiger partial charge in [-0.05, 0) is 23.6 Å². The van der Waals surface area contributed by atoms with Crippen LogP contribution in [-0.2, 0) is 17.8 Å². The topological polar surface area (TPSA) is 61.4 Å². The number of nitrogens with one attached hydrogen (secondary N) is 2. The van der Waals surface area contributed by atoms with E-state index in [-0.39, 0.29) is 18.5 Å². The molecule has 0 unspecified atom stereocenters. The summed E-state index contributed by atoms with van der Waals surface area (Å²) in [6.07, 6.45) is -0.159. The Morgan fingerprint density at radius 1 is 1.22 bits per heavy atom. The predicted octanol–water partition coefficient (Wildman–Crippen LogP) is 2.20. The standard InChI is InChI=1S/C18H19ClN2O2/c19-15-8-4-3-7-14(15)17(22)11-21-18(23)16-9-12-5-1-2-6-13(12)10-20-16/h1-8,16-17,20,22H,9-11H2,(H,21,23)/t16-,17-/m0/s1. The fraction of sp³-hybridized carbons (Fsp3) is 0.278. The van der Waals surface area contributed by atoms with Gasteiger partial charge in [0.05, 0.1) is 12.1 Å². The van der Waals surface area contributed by atoms with E-state index in [0.29, 0.717) is 23.6 Å². The molecule has 1 aliphatic heterocycles. The first-order chi connectivity index (χ1) is 11.1. The van der Waals surface area contributed by atoms with Crippen LogP contribution in [0.3, 0.4) is 0 Å². The van der Waals surface area contributed by atoms with Crippen molar-refractivity contribution >= 4 is 17.5 Å². The number of amides is 1. The summed E-state index contributed by atoms with van der Waals surface area (Å²) in [5.41, 5.74) is 3.04. The molecule has 0 saturated carbocycles. The molecule has 0 bridgehead atoms. The van der Waals surface area contributed by atoms with Crippen LogP contribution in [0.15, 0.2) is 48.5 Å². The number of carbonyl (C=O) groups excluding carboxylic acids is 1. The highest BCUT2D eigenvalue weighted by Crippen LogP contribution is 2.22. The Morgan fingerprint density at radius 3 is 2.70 bits per heavy atom. The van der Waals surface area contributed by atoms with Crippen molar-refractivity contribution in [1.82, 2.24) is 10.6 Å². The number of fused-ring (bicyclic) bond motifs is 1. The van der Waals surface area contributed by atoms with Crippen molar-refractivity contribution in [2.24, 2.45) is 0 Å². The molecule has 2 aromatic carbocycles. The lowest BCUT2D eigenvalue weighted by atomic mass is 9.95. The van der Waals surface area contributed by atoms with Gasteiger partial charge in [0, 0.05) is 23.7 Å². The summed E-state index contributed by atoms with van der Waals surface area (Å²) in [6, 6.07) is 14.9. The van der Waals surface area contributed by atoms with Crippen molar-refractivity contribution in [1.29, 1.82) is 0 Å². The molecule has 1 amide bonds. The number of aliphatic hydroxyl groups excluding tert-OH is 1. The van der Waals surface area contributed by atoms with Crippen LogP contribution in [-0.4, -0.2) is 23.6 Å². The second kappa shape index (κ2) is 7.13.